The molecule has 0 saturated carbocycles. The van der Waals surface area contributed by atoms with Gasteiger partial charge in [0, 0.05) is 6.04 Å². The molecule has 1 aromatic heterocycles. The topological polar surface area (TPSA) is 133 Å². The fourth-order valence-electron chi connectivity index (χ4n) is 1.47. The molecule has 2 unspecified atom stereocenters. The summed E-state index contributed by atoms with van der Waals surface area (Å²) in [6.45, 7) is 5.39. The highest BCUT2D eigenvalue weighted by atomic mass is 16.4. The maximum Gasteiger partial charge on any atom is 0.315 e. The Bertz CT molecular complexity index is 419. The molecular weight excluding hydrogens is 252 g/mol. The van der Waals surface area contributed by atoms with E-state index in [0.717, 1.165) is 0 Å². The van der Waals surface area contributed by atoms with E-state index in [-0.39, 0.29) is 12.3 Å². The lowest BCUT2D eigenvalue weighted by Gasteiger charge is -2.21. The number of carbonyl (C=O) groups is 2. The minimum Gasteiger partial charge on any atom is -0.481 e. The van der Waals surface area contributed by atoms with Crippen molar-refractivity contribution in [3.63, 3.8) is 0 Å². The van der Waals surface area contributed by atoms with Gasteiger partial charge in [0.2, 0.25) is 0 Å². The van der Waals surface area contributed by atoms with Crippen molar-refractivity contribution < 1.29 is 14.7 Å². The van der Waals surface area contributed by atoms with E-state index >= 15 is 0 Å². The maximum absolute atomic E-state index is 11.7. The van der Waals surface area contributed by atoms with Crippen LogP contribution in [-0.4, -0.2) is 43.8 Å². The van der Waals surface area contributed by atoms with Crippen molar-refractivity contribution in [1.82, 2.24) is 31.3 Å². The van der Waals surface area contributed by atoms with Crippen LogP contribution in [0, 0.1) is 5.92 Å². The fourth-order valence-corrected chi connectivity index (χ4v) is 1.47. The SMILES string of the molecule is CC(NC(=O)NC(CC(=O)O)C(C)C)c1nn[nH]n1. The summed E-state index contributed by atoms with van der Waals surface area (Å²) < 4.78 is 0. The number of carboxylic acid groups (broad SMARTS) is 1. The minimum atomic E-state index is -0.954. The first-order valence-corrected chi connectivity index (χ1v) is 5.92. The van der Waals surface area contributed by atoms with Crippen LogP contribution in [0.15, 0.2) is 0 Å². The molecule has 4 N–H and O–H groups in total. The third kappa shape index (κ3) is 4.90. The van der Waals surface area contributed by atoms with E-state index in [0.29, 0.717) is 5.82 Å². The third-order valence-electron chi connectivity index (χ3n) is 2.61. The third-order valence-corrected chi connectivity index (χ3v) is 2.61. The molecule has 0 saturated heterocycles. The van der Waals surface area contributed by atoms with Crippen LogP contribution in [0.3, 0.4) is 0 Å². The van der Waals surface area contributed by atoms with Gasteiger partial charge < -0.3 is 15.7 Å². The largest absolute Gasteiger partial charge is 0.481 e. The van der Waals surface area contributed by atoms with Gasteiger partial charge in [0.05, 0.1) is 12.5 Å². The van der Waals surface area contributed by atoms with Crippen LogP contribution in [0.2, 0.25) is 0 Å². The molecule has 9 heteroatoms. The van der Waals surface area contributed by atoms with Gasteiger partial charge in [0.1, 0.15) is 0 Å². The number of rotatable bonds is 6. The van der Waals surface area contributed by atoms with Crippen molar-refractivity contribution in [3.05, 3.63) is 5.82 Å². The van der Waals surface area contributed by atoms with Crippen molar-refractivity contribution in [1.29, 1.82) is 0 Å². The predicted octanol–water partition coefficient (Wildman–Crippen LogP) is 0.0592. The Morgan fingerprint density at radius 3 is 2.47 bits per heavy atom. The van der Waals surface area contributed by atoms with E-state index in [9.17, 15) is 9.59 Å². The Kier molecular flexibility index (Phi) is 5.22. The molecule has 2 atom stereocenters. The van der Waals surface area contributed by atoms with Gasteiger partial charge in [-0.1, -0.05) is 19.1 Å². The summed E-state index contributed by atoms with van der Waals surface area (Å²) >= 11 is 0. The summed E-state index contributed by atoms with van der Waals surface area (Å²) in [6, 6.07) is -1.32. The zero-order valence-corrected chi connectivity index (χ0v) is 11.0. The number of carbonyl (C=O) groups excluding carboxylic acids is 1. The lowest BCUT2D eigenvalue weighted by atomic mass is 10.0. The summed E-state index contributed by atoms with van der Waals surface area (Å²) in [7, 11) is 0. The molecule has 1 aromatic rings. The average molecular weight is 270 g/mol. The number of H-pyrrole nitrogens is 1. The monoisotopic (exact) mass is 270 g/mol. The van der Waals surface area contributed by atoms with Crippen LogP contribution in [0.25, 0.3) is 0 Å². The van der Waals surface area contributed by atoms with Crippen LogP contribution in [0.5, 0.6) is 0 Å². The molecule has 0 bridgehead atoms. The second-order valence-electron chi connectivity index (χ2n) is 4.56. The minimum absolute atomic E-state index is 0.0160. The number of amides is 2. The number of carboxylic acids is 1. The van der Waals surface area contributed by atoms with E-state index in [1.165, 1.54) is 0 Å². The number of nitrogens with zero attached hydrogens (tertiary/aromatic N) is 3. The van der Waals surface area contributed by atoms with E-state index in [1.807, 2.05) is 13.8 Å². The molecule has 0 aliphatic rings. The smallest absolute Gasteiger partial charge is 0.315 e. The molecule has 0 aliphatic heterocycles. The van der Waals surface area contributed by atoms with Crippen molar-refractivity contribution in [2.45, 2.75) is 39.3 Å². The zero-order valence-electron chi connectivity index (χ0n) is 11.0. The van der Waals surface area contributed by atoms with Gasteiger partial charge >= 0.3 is 12.0 Å². The highest BCUT2D eigenvalue weighted by Crippen LogP contribution is 2.07. The molecular formula is C10H18N6O3. The molecule has 0 spiro atoms. The van der Waals surface area contributed by atoms with Crippen LogP contribution >= 0.6 is 0 Å². The second-order valence-corrected chi connectivity index (χ2v) is 4.56. The number of nitrogens with one attached hydrogen (secondary N) is 3. The van der Waals surface area contributed by atoms with Crippen LogP contribution in [0.1, 0.15) is 39.1 Å². The molecule has 0 aliphatic carbocycles. The van der Waals surface area contributed by atoms with Crippen molar-refractivity contribution in [2.24, 2.45) is 5.92 Å². The van der Waals surface area contributed by atoms with Crippen molar-refractivity contribution in [2.75, 3.05) is 0 Å². The molecule has 19 heavy (non-hydrogen) atoms. The van der Waals surface area contributed by atoms with Crippen LogP contribution in [-0.2, 0) is 4.79 Å². The van der Waals surface area contributed by atoms with Crippen molar-refractivity contribution >= 4 is 12.0 Å². The first-order chi connectivity index (χ1) is 8.90. The summed E-state index contributed by atoms with van der Waals surface area (Å²) in [5, 5.41) is 27.2. The van der Waals surface area contributed by atoms with Crippen LogP contribution in [0.4, 0.5) is 4.79 Å². The molecule has 9 nitrogen and oxygen atoms in total. The van der Waals surface area contributed by atoms with Gasteiger partial charge in [-0.05, 0) is 12.8 Å². The molecule has 2 amide bonds. The number of aromatic nitrogens is 4. The number of urea groups is 1. The van der Waals surface area contributed by atoms with E-state index in [2.05, 4.69) is 31.3 Å². The molecule has 0 aromatic carbocycles. The zero-order chi connectivity index (χ0) is 14.4. The number of aromatic amines is 1. The first kappa shape index (κ1) is 14.9. The Balaban J connectivity index is 2.50. The number of hydrogen-bond acceptors (Lipinski definition) is 5. The van der Waals surface area contributed by atoms with Crippen molar-refractivity contribution in [3.8, 4) is 0 Å². The Labute approximate surface area is 110 Å². The summed E-state index contributed by atoms with van der Waals surface area (Å²) in [5.74, 6) is -0.581. The molecule has 1 heterocycles. The van der Waals surface area contributed by atoms with Gasteiger partial charge in [0.25, 0.3) is 0 Å². The molecule has 0 radical (unpaired) electrons. The number of hydrogen-bond donors (Lipinski definition) is 4. The van der Waals surface area contributed by atoms with Gasteiger partial charge in [-0.2, -0.15) is 5.21 Å². The average Bonchev–Trinajstić information content (AvgIpc) is 2.80. The first-order valence-electron chi connectivity index (χ1n) is 5.92. The normalized spacial score (nSPS) is 13.9. The fraction of sp³-hybridized carbons (Fsp3) is 0.700. The van der Waals surface area contributed by atoms with E-state index in [4.69, 9.17) is 5.11 Å². The lowest BCUT2D eigenvalue weighted by molar-refractivity contribution is -0.137. The van der Waals surface area contributed by atoms with E-state index < -0.39 is 24.1 Å². The lowest BCUT2D eigenvalue weighted by Crippen LogP contribution is -2.46. The number of tetrazole rings is 1. The van der Waals surface area contributed by atoms with Gasteiger partial charge in [-0.15, -0.1) is 10.2 Å². The molecule has 1 rings (SSSR count). The second kappa shape index (κ2) is 6.66. The maximum atomic E-state index is 11.7. The quantitative estimate of drug-likeness (QED) is 0.577. The Hall–Kier alpha value is -2.19. The van der Waals surface area contributed by atoms with Gasteiger partial charge in [-0.25, -0.2) is 4.79 Å². The van der Waals surface area contributed by atoms with Gasteiger partial charge in [0.15, 0.2) is 5.82 Å². The standard InChI is InChI=1S/C10H18N6O3/c1-5(2)7(4-8(17)18)12-10(19)11-6(3)9-13-15-16-14-9/h5-7H,4H2,1-3H3,(H,17,18)(H2,11,12,19)(H,13,14,15,16). The summed E-state index contributed by atoms with van der Waals surface area (Å²) in [5.41, 5.74) is 0. The Morgan fingerprint density at radius 1 is 1.32 bits per heavy atom. The molecule has 0 fully saturated rings. The van der Waals surface area contributed by atoms with E-state index in [1.54, 1.807) is 6.92 Å². The summed E-state index contributed by atoms with van der Waals surface area (Å²) in [4.78, 5) is 22.4. The predicted molar refractivity (Wildman–Crippen MR) is 65.1 cm³/mol. The Morgan fingerprint density at radius 2 is 2.00 bits per heavy atom. The highest BCUT2D eigenvalue weighted by Gasteiger charge is 2.21. The number of aliphatic carboxylic acids is 1. The molecule has 106 valence electrons. The highest BCUT2D eigenvalue weighted by molar-refractivity contribution is 5.76. The van der Waals surface area contributed by atoms with Crippen LogP contribution < -0.4 is 10.6 Å². The summed E-state index contributed by atoms with van der Waals surface area (Å²) in [6.07, 6.45) is -0.123. The van der Waals surface area contributed by atoms with Gasteiger partial charge in [-0.3, -0.25) is 4.79 Å².